The highest BCUT2D eigenvalue weighted by atomic mass is 35.5. The van der Waals surface area contributed by atoms with Crippen molar-refractivity contribution >= 4 is 29.1 Å². The molecule has 26 heavy (non-hydrogen) atoms. The van der Waals surface area contributed by atoms with E-state index in [0.29, 0.717) is 29.5 Å². The number of nitrogens with zero attached hydrogens (tertiary/aromatic N) is 1. The second-order valence-corrected chi connectivity index (χ2v) is 6.87. The Morgan fingerprint density at radius 3 is 2.81 bits per heavy atom. The van der Waals surface area contributed by atoms with Gasteiger partial charge in [-0.2, -0.15) is 0 Å². The first kappa shape index (κ1) is 18.3. The van der Waals surface area contributed by atoms with Crippen molar-refractivity contribution in [2.75, 3.05) is 19.0 Å². The van der Waals surface area contributed by atoms with Crippen molar-refractivity contribution in [1.82, 2.24) is 4.90 Å². The third kappa shape index (κ3) is 3.99. The highest BCUT2D eigenvalue weighted by molar-refractivity contribution is 6.31. The lowest BCUT2D eigenvalue weighted by atomic mass is 10.1. The van der Waals surface area contributed by atoms with E-state index in [1.807, 2.05) is 43.3 Å². The summed E-state index contributed by atoms with van der Waals surface area (Å²) in [5, 5.41) is 3.51. The lowest BCUT2D eigenvalue weighted by Gasteiger charge is -2.18. The largest absolute Gasteiger partial charge is 0.495 e. The lowest BCUT2D eigenvalue weighted by molar-refractivity contribution is -0.128. The third-order valence-electron chi connectivity index (χ3n) is 4.52. The Balaban J connectivity index is 1.68. The van der Waals surface area contributed by atoms with Crippen LogP contribution in [0.25, 0.3) is 0 Å². The standard InChI is InChI=1S/C20H21ClN2O3/c1-13-7-8-18(26-2)17(9-13)22-20(25)15-10-19(24)23(12-15)11-14-5-3-4-6-16(14)21/h3-9,15H,10-12H2,1-2H3,(H,22,25)/t15-/m1/s1. The molecule has 0 bridgehead atoms. The van der Waals surface area contributed by atoms with Crippen LogP contribution in [0.1, 0.15) is 17.5 Å². The smallest absolute Gasteiger partial charge is 0.229 e. The van der Waals surface area contributed by atoms with Crippen molar-refractivity contribution in [3.8, 4) is 5.75 Å². The van der Waals surface area contributed by atoms with Gasteiger partial charge in [0.1, 0.15) is 5.75 Å². The molecular weight excluding hydrogens is 352 g/mol. The van der Waals surface area contributed by atoms with E-state index >= 15 is 0 Å². The van der Waals surface area contributed by atoms with Gasteiger partial charge in [-0.1, -0.05) is 35.9 Å². The number of anilines is 1. The molecule has 1 saturated heterocycles. The van der Waals surface area contributed by atoms with Crippen LogP contribution in [0.5, 0.6) is 5.75 Å². The molecular formula is C20H21ClN2O3. The Morgan fingerprint density at radius 2 is 2.08 bits per heavy atom. The number of benzene rings is 2. The van der Waals surface area contributed by atoms with E-state index in [-0.39, 0.29) is 18.2 Å². The molecule has 0 spiro atoms. The minimum Gasteiger partial charge on any atom is -0.495 e. The minimum atomic E-state index is -0.393. The van der Waals surface area contributed by atoms with Crippen molar-refractivity contribution in [1.29, 1.82) is 0 Å². The average Bonchev–Trinajstić information content (AvgIpc) is 2.98. The van der Waals surface area contributed by atoms with Gasteiger partial charge >= 0.3 is 0 Å². The summed E-state index contributed by atoms with van der Waals surface area (Å²) in [6.45, 7) is 2.74. The van der Waals surface area contributed by atoms with Gasteiger partial charge in [-0.25, -0.2) is 0 Å². The van der Waals surface area contributed by atoms with E-state index in [1.165, 1.54) is 0 Å². The van der Waals surface area contributed by atoms with Gasteiger partial charge in [0.25, 0.3) is 0 Å². The van der Waals surface area contributed by atoms with Gasteiger partial charge in [-0.05, 0) is 36.2 Å². The second-order valence-electron chi connectivity index (χ2n) is 6.46. The number of hydrogen-bond donors (Lipinski definition) is 1. The van der Waals surface area contributed by atoms with Crippen LogP contribution in [0.4, 0.5) is 5.69 Å². The summed E-state index contributed by atoms with van der Waals surface area (Å²) in [4.78, 5) is 26.6. The van der Waals surface area contributed by atoms with Gasteiger partial charge < -0.3 is 15.0 Å². The van der Waals surface area contributed by atoms with Gasteiger partial charge in [0.15, 0.2) is 0 Å². The number of rotatable bonds is 5. The van der Waals surface area contributed by atoms with E-state index in [9.17, 15) is 9.59 Å². The first-order chi connectivity index (χ1) is 12.5. The molecule has 136 valence electrons. The van der Waals surface area contributed by atoms with Crippen LogP contribution in [0.2, 0.25) is 5.02 Å². The molecule has 1 fully saturated rings. The molecule has 2 amide bonds. The minimum absolute atomic E-state index is 0.0405. The molecule has 6 heteroatoms. The number of amides is 2. The maximum Gasteiger partial charge on any atom is 0.229 e. The zero-order chi connectivity index (χ0) is 18.7. The number of carbonyl (C=O) groups excluding carboxylic acids is 2. The molecule has 5 nitrogen and oxygen atoms in total. The van der Waals surface area contributed by atoms with Crippen LogP contribution in [0.15, 0.2) is 42.5 Å². The fourth-order valence-corrected chi connectivity index (χ4v) is 3.28. The maximum atomic E-state index is 12.6. The Hall–Kier alpha value is -2.53. The molecule has 1 N–H and O–H groups in total. The molecule has 0 aromatic heterocycles. The molecule has 0 aliphatic carbocycles. The summed E-state index contributed by atoms with van der Waals surface area (Å²) in [7, 11) is 1.56. The number of likely N-dealkylation sites (tertiary alicyclic amines) is 1. The second kappa shape index (κ2) is 7.79. The average molecular weight is 373 g/mol. The first-order valence-corrected chi connectivity index (χ1v) is 8.82. The zero-order valence-electron chi connectivity index (χ0n) is 14.8. The van der Waals surface area contributed by atoms with E-state index in [2.05, 4.69) is 5.32 Å². The lowest BCUT2D eigenvalue weighted by Crippen LogP contribution is -2.28. The van der Waals surface area contributed by atoms with Crippen LogP contribution < -0.4 is 10.1 Å². The fraction of sp³-hybridized carbons (Fsp3) is 0.300. The van der Waals surface area contributed by atoms with E-state index in [4.69, 9.17) is 16.3 Å². The fourth-order valence-electron chi connectivity index (χ4n) is 3.09. The van der Waals surface area contributed by atoms with Crippen molar-refractivity contribution in [3.05, 3.63) is 58.6 Å². The quantitative estimate of drug-likeness (QED) is 0.871. The Kier molecular flexibility index (Phi) is 5.47. The summed E-state index contributed by atoms with van der Waals surface area (Å²) >= 11 is 6.17. The van der Waals surface area contributed by atoms with Gasteiger partial charge in [0.2, 0.25) is 11.8 Å². The Morgan fingerprint density at radius 1 is 1.31 bits per heavy atom. The molecule has 1 aliphatic rings. The summed E-state index contributed by atoms with van der Waals surface area (Å²) in [5.41, 5.74) is 2.52. The molecule has 2 aromatic carbocycles. The topological polar surface area (TPSA) is 58.6 Å². The van der Waals surface area contributed by atoms with Crippen LogP contribution >= 0.6 is 11.6 Å². The Bertz CT molecular complexity index is 838. The maximum absolute atomic E-state index is 12.6. The van der Waals surface area contributed by atoms with Gasteiger partial charge in [0, 0.05) is 24.5 Å². The van der Waals surface area contributed by atoms with Crippen molar-refractivity contribution in [2.45, 2.75) is 19.9 Å². The van der Waals surface area contributed by atoms with Crippen molar-refractivity contribution < 1.29 is 14.3 Å². The van der Waals surface area contributed by atoms with E-state index < -0.39 is 5.92 Å². The van der Waals surface area contributed by atoms with Crippen LogP contribution in [-0.2, 0) is 16.1 Å². The molecule has 0 radical (unpaired) electrons. The molecule has 3 rings (SSSR count). The van der Waals surface area contributed by atoms with Crippen molar-refractivity contribution in [3.63, 3.8) is 0 Å². The molecule has 0 unspecified atom stereocenters. The summed E-state index contributed by atoms with van der Waals surface area (Å²) < 4.78 is 5.29. The van der Waals surface area contributed by atoms with Gasteiger partial charge in [-0.3, -0.25) is 9.59 Å². The molecule has 1 aliphatic heterocycles. The monoisotopic (exact) mass is 372 g/mol. The normalized spacial score (nSPS) is 16.7. The molecule has 1 heterocycles. The van der Waals surface area contributed by atoms with Gasteiger partial charge in [0.05, 0.1) is 18.7 Å². The number of halogens is 1. The zero-order valence-corrected chi connectivity index (χ0v) is 15.5. The van der Waals surface area contributed by atoms with Gasteiger partial charge in [-0.15, -0.1) is 0 Å². The predicted molar refractivity (Wildman–Crippen MR) is 101 cm³/mol. The predicted octanol–water partition coefficient (Wildman–Crippen LogP) is 3.64. The highest BCUT2D eigenvalue weighted by Gasteiger charge is 2.34. The molecule has 1 atom stereocenters. The number of methoxy groups -OCH3 is 1. The van der Waals surface area contributed by atoms with Crippen LogP contribution in [0.3, 0.4) is 0 Å². The number of ether oxygens (including phenoxy) is 1. The van der Waals surface area contributed by atoms with E-state index in [1.54, 1.807) is 18.1 Å². The number of nitrogens with one attached hydrogen (secondary N) is 1. The van der Waals surface area contributed by atoms with E-state index in [0.717, 1.165) is 11.1 Å². The SMILES string of the molecule is COc1ccc(C)cc1NC(=O)[C@@H]1CC(=O)N(Cc2ccccc2Cl)C1. The number of aryl methyl sites for hydroxylation is 1. The third-order valence-corrected chi connectivity index (χ3v) is 4.89. The summed E-state index contributed by atoms with van der Waals surface area (Å²) in [6, 6.07) is 13.0. The first-order valence-electron chi connectivity index (χ1n) is 8.44. The van der Waals surface area contributed by atoms with Crippen LogP contribution in [0, 0.1) is 12.8 Å². The summed E-state index contributed by atoms with van der Waals surface area (Å²) in [6.07, 6.45) is 0.199. The number of hydrogen-bond acceptors (Lipinski definition) is 3. The number of carbonyl (C=O) groups is 2. The van der Waals surface area contributed by atoms with Crippen LogP contribution in [-0.4, -0.2) is 30.4 Å². The molecule has 2 aromatic rings. The Labute approximate surface area is 157 Å². The summed E-state index contributed by atoms with van der Waals surface area (Å²) in [5.74, 6) is -0.0124. The highest BCUT2D eigenvalue weighted by Crippen LogP contribution is 2.28. The van der Waals surface area contributed by atoms with Crippen molar-refractivity contribution in [2.24, 2.45) is 5.92 Å². The molecule has 0 saturated carbocycles.